The first-order valence-electron chi connectivity index (χ1n) is 6.04. The van der Waals surface area contributed by atoms with Crippen LogP contribution in [-0.4, -0.2) is 50.6 Å². The molecule has 0 spiro atoms. The molecule has 1 aliphatic rings. The van der Waals surface area contributed by atoms with Crippen LogP contribution in [-0.2, 0) is 6.54 Å². The number of carboxylic acids is 1. The van der Waals surface area contributed by atoms with Crippen LogP contribution in [0.3, 0.4) is 0 Å². The van der Waals surface area contributed by atoms with E-state index >= 15 is 0 Å². The monoisotopic (exact) mass is 238 g/mol. The van der Waals surface area contributed by atoms with Gasteiger partial charge in [0.25, 0.3) is 0 Å². The number of rotatable bonds is 4. The molecule has 17 heavy (non-hydrogen) atoms. The molecule has 1 aliphatic heterocycles. The molecule has 2 heterocycles. The van der Waals surface area contributed by atoms with Gasteiger partial charge in [0.15, 0.2) is 5.69 Å². The Morgan fingerprint density at radius 2 is 2.00 bits per heavy atom. The van der Waals surface area contributed by atoms with Crippen LogP contribution in [0.5, 0.6) is 0 Å². The summed E-state index contributed by atoms with van der Waals surface area (Å²) in [5.74, 6) is -1.01. The molecule has 0 unspecified atom stereocenters. The van der Waals surface area contributed by atoms with E-state index in [1.54, 1.807) is 11.6 Å². The molecule has 0 atom stereocenters. The van der Waals surface area contributed by atoms with Gasteiger partial charge in [-0.3, -0.25) is 0 Å². The molecule has 94 valence electrons. The van der Waals surface area contributed by atoms with Crippen molar-refractivity contribution in [1.29, 1.82) is 0 Å². The largest absolute Gasteiger partial charge is 0.476 e. The first-order chi connectivity index (χ1) is 8.18. The number of likely N-dealkylation sites (tertiary alicyclic amines) is 1. The maximum absolute atomic E-state index is 10.8. The van der Waals surface area contributed by atoms with Crippen molar-refractivity contribution in [2.45, 2.75) is 32.7 Å². The molecule has 6 heteroatoms. The second-order valence-corrected chi connectivity index (χ2v) is 4.45. The number of carboxylic acid groups (broad SMARTS) is 1. The van der Waals surface area contributed by atoms with Gasteiger partial charge in [0.2, 0.25) is 0 Å². The first-order valence-corrected chi connectivity index (χ1v) is 6.04. The Balaban J connectivity index is 1.92. The zero-order valence-electron chi connectivity index (χ0n) is 10.1. The highest BCUT2D eigenvalue weighted by Gasteiger charge is 2.16. The second-order valence-electron chi connectivity index (χ2n) is 4.45. The van der Waals surface area contributed by atoms with Crippen LogP contribution >= 0.6 is 0 Å². The average molecular weight is 238 g/mol. The van der Waals surface area contributed by atoms with Gasteiger partial charge in [0.05, 0.1) is 12.2 Å². The summed E-state index contributed by atoms with van der Waals surface area (Å²) in [5.41, 5.74) is 0.693. The lowest BCUT2D eigenvalue weighted by Crippen LogP contribution is -2.33. The number of nitrogens with zero attached hydrogens (tertiary/aromatic N) is 4. The van der Waals surface area contributed by atoms with E-state index in [1.165, 1.54) is 19.3 Å². The van der Waals surface area contributed by atoms with Gasteiger partial charge < -0.3 is 10.0 Å². The zero-order valence-corrected chi connectivity index (χ0v) is 10.1. The lowest BCUT2D eigenvalue weighted by atomic mass is 10.1. The third kappa shape index (κ3) is 2.82. The molecule has 6 nitrogen and oxygen atoms in total. The van der Waals surface area contributed by atoms with E-state index < -0.39 is 5.97 Å². The molecule has 0 aliphatic carbocycles. The Morgan fingerprint density at radius 3 is 2.59 bits per heavy atom. The van der Waals surface area contributed by atoms with Crippen molar-refractivity contribution in [2.24, 2.45) is 0 Å². The van der Waals surface area contributed by atoms with E-state index in [9.17, 15) is 4.79 Å². The normalized spacial score (nSPS) is 17.2. The van der Waals surface area contributed by atoms with Crippen LogP contribution in [0.1, 0.15) is 35.4 Å². The lowest BCUT2D eigenvalue weighted by Gasteiger charge is -2.26. The number of piperidine rings is 1. The van der Waals surface area contributed by atoms with E-state index in [4.69, 9.17) is 5.11 Å². The molecule has 0 aromatic carbocycles. The minimum Gasteiger partial charge on any atom is -0.476 e. The van der Waals surface area contributed by atoms with E-state index in [1.807, 2.05) is 0 Å². The molecule has 0 saturated carbocycles. The summed E-state index contributed by atoms with van der Waals surface area (Å²) in [6.07, 6.45) is 3.84. The van der Waals surface area contributed by atoms with Crippen molar-refractivity contribution in [3.8, 4) is 0 Å². The standard InChI is InChI=1S/C11H18N4O2/c1-9-10(11(16)17)12-13-15(9)8-7-14-5-3-2-4-6-14/h2-8H2,1H3,(H,16,17). The van der Waals surface area contributed by atoms with Crippen LogP contribution in [0.15, 0.2) is 0 Å². The summed E-state index contributed by atoms with van der Waals surface area (Å²) in [5, 5.41) is 16.4. The van der Waals surface area contributed by atoms with Crippen molar-refractivity contribution < 1.29 is 9.90 Å². The minimum absolute atomic E-state index is 0.0589. The van der Waals surface area contributed by atoms with Gasteiger partial charge in [-0.2, -0.15) is 0 Å². The van der Waals surface area contributed by atoms with E-state index in [-0.39, 0.29) is 5.69 Å². The highest BCUT2D eigenvalue weighted by molar-refractivity contribution is 5.86. The third-order valence-corrected chi connectivity index (χ3v) is 3.26. The Labute approximate surface area is 100 Å². The smallest absolute Gasteiger partial charge is 0.358 e. The van der Waals surface area contributed by atoms with Gasteiger partial charge >= 0.3 is 5.97 Å². The van der Waals surface area contributed by atoms with Crippen LogP contribution in [0.25, 0.3) is 0 Å². The molecule has 1 aromatic heterocycles. The Hall–Kier alpha value is -1.43. The van der Waals surface area contributed by atoms with Gasteiger partial charge in [-0.05, 0) is 32.9 Å². The summed E-state index contributed by atoms with van der Waals surface area (Å²) in [4.78, 5) is 13.2. The Morgan fingerprint density at radius 1 is 1.29 bits per heavy atom. The summed E-state index contributed by atoms with van der Waals surface area (Å²) >= 11 is 0. The van der Waals surface area contributed by atoms with E-state index in [2.05, 4.69) is 15.2 Å². The van der Waals surface area contributed by atoms with Crippen LogP contribution in [0.4, 0.5) is 0 Å². The van der Waals surface area contributed by atoms with Gasteiger partial charge in [-0.15, -0.1) is 5.10 Å². The fourth-order valence-electron chi connectivity index (χ4n) is 2.19. The molecule has 1 saturated heterocycles. The molecule has 1 aromatic rings. The summed E-state index contributed by atoms with van der Waals surface area (Å²) < 4.78 is 1.68. The van der Waals surface area contributed by atoms with Crippen molar-refractivity contribution in [3.05, 3.63) is 11.4 Å². The number of aromatic carboxylic acids is 1. The third-order valence-electron chi connectivity index (χ3n) is 3.26. The van der Waals surface area contributed by atoms with E-state index in [0.717, 1.165) is 19.6 Å². The lowest BCUT2D eigenvalue weighted by molar-refractivity contribution is 0.0689. The average Bonchev–Trinajstić information content (AvgIpc) is 2.69. The molecular formula is C11H18N4O2. The number of aromatic nitrogens is 3. The maximum Gasteiger partial charge on any atom is 0.358 e. The molecule has 2 rings (SSSR count). The van der Waals surface area contributed by atoms with Crippen molar-refractivity contribution in [1.82, 2.24) is 19.9 Å². The minimum atomic E-state index is -1.01. The van der Waals surface area contributed by atoms with Gasteiger partial charge in [0.1, 0.15) is 0 Å². The van der Waals surface area contributed by atoms with Gasteiger partial charge in [0, 0.05) is 6.54 Å². The quantitative estimate of drug-likeness (QED) is 0.839. The predicted octanol–water partition coefficient (Wildman–Crippen LogP) is 0.771. The molecule has 0 radical (unpaired) electrons. The molecule has 0 bridgehead atoms. The predicted molar refractivity (Wildman–Crippen MR) is 62.0 cm³/mol. The molecule has 1 N–H and O–H groups in total. The maximum atomic E-state index is 10.8. The molecule has 0 amide bonds. The Kier molecular flexibility index (Phi) is 3.73. The highest BCUT2D eigenvalue weighted by Crippen LogP contribution is 2.09. The summed E-state index contributed by atoms with van der Waals surface area (Å²) in [6.45, 7) is 5.66. The van der Waals surface area contributed by atoms with Crippen LogP contribution in [0, 0.1) is 6.92 Å². The topological polar surface area (TPSA) is 71.2 Å². The number of hydrogen-bond donors (Lipinski definition) is 1. The molecule has 1 fully saturated rings. The Bertz CT molecular complexity index is 396. The number of hydrogen-bond acceptors (Lipinski definition) is 4. The second kappa shape index (κ2) is 5.27. The summed E-state index contributed by atoms with van der Waals surface area (Å²) in [7, 11) is 0. The van der Waals surface area contributed by atoms with Gasteiger partial charge in [-0.1, -0.05) is 11.6 Å². The number of carbonyl (C=O) groups is 1. The van der Waals surface area contributed by atoms with Crippen molar-refractivity contribution in [3.63, 3.8) is 0 Å². The van der Waals surface area contributed by atoms with E-state index in [0.29, 0.717) is 12.2 Å². The van der Waals surface area contributed by atoms with Crippen LogP contribution < -0.4 is 0 Å². The van der Waals surface area contributed by atoms with Crippen LogP contribution in [0.2, 0.25) is 0 Å². The zero-order chi connectivity index (χ0) is 12.3. The van der Waals surface area contributed by atoms with Crippen molar-refractivity contribution >= 4 is 5.97 Å². The SMILES string of the molecule is Cc1c(C(=O)O)nnn1CCN1CCCCC1. The fourth-order valence-corrected chi connectivity index (χ4v) is 2.19. The first kappa shape index (κ1) is 12.0. The van der Waals surface area contributed by atoms with Gasteiger partial charge in [-0.25, -0.2) is 9.48 Å². The fraction of sp³-hybridized carbons (Fsp3) is 0.727. The highest BCUT2D eigenvalue weighted by atomic mass is 16.4. The molecular weight excluding hydrogens is 220 g/mol. The summed E-state index contributed by atoms with van der Waals surface area (Å²) in [6, 6.07) is 0. The van der Waals surface area contributed by atoms with Crippen molar-refractivity contribution in [2.75, 3.05) is 19.6 Å².